The van der Waals surface area contributed by atoms with E-state index in [2.05, 4.69) is 71.6 Å². The first-order valence-corrected chi connectivity index (χ1v) is 9.51. The van der Waals surface area contributed by atoms with Gasteiger partial charge in [0.15, 0.2) is 0 Å². The Morgan fingerprint density at radius 3 is 2.39 bits per heavy atom. The SMILES string of the molecule is Cc1ccc(-c2ccc(CCNc3ncnc4ccc(N)cc34)cc2)cc1C. The first kappa shape index (κ1) is 18.0. The molecule has 0 radical (unpaired) electrons. The second-order valence-electron chi connectivity index (χ2n) is 7.17. The van der Waals surface area contributed by atoms with Crippen LogP contribution in [-0.4, -0.2) is 16.5 Å². The molecular weight excluding hydrogens is 344 g/mol. The number of benzene rings is 3. The molecule has 3 N–H and O–H groups in total. The lowest BCUT2D eigenvalue weighted by molar-refractivity contribution is 1.01. The third kappa shape index (κ3) is 3.81. The molecule has 4 heteroatoms. The van der Waals surface area contributed by atoms with Crippen LogP contribution in [0.25, 0.3) is 22.0 Å². The van der Waals surface area contributed by atoms with Crippen LogP contribution in [0, 0.1) is 13.8 Å². The zero-order chi connectivity index (χ0) is 19.5. The smallest absolute Gasteiger partial charge is 0.137 e. The second-order valence-corrected chi connectivity index (χ2v) is 7.17. The number of nitrogens with zero attached hydrogens (tertiary/aromatic N) is 2. The van der Waals surface area contributed by atoms with E-state index in [-0.39, 0.29) is 0 Å². The lowest BCUT2D eigenvalue weighted by atomic mass is 9.99. The molecule has 28 heavy (non-hydrogen) atoms. The molecule has 3 aromatic carbocycles. The van der Waals surface area contributed by atoms with Crippen LogP contribution in [-0.2, 0) is 6.42 Å². The number of aryl methyl sites for hydroxylation is 2. The van der Waals surface area contributed by atoms with Gasteiger partial charge in [0, 0.05) is 17.6 Å². The Kier molecular flexibility index (Phi) is 4.94. The molecule has 0 bridgehead atoms. The molecule has 0 spiro atoms. The summed E-state index contributed by atoms with van der Waals surface area (Å²) in [4.78, 5) is 8.66. The first-order chi connectivity index (χ1) is 13.6. The molecule has 1 heterocycles. The molecule has 0 aliphatic heterocycles. The fourth-order valence-corrected chi connectivity index (χ4v) is 3.33. The number of hydrogen-bond acceptors (Lipinski definition) is 4. The number of hydrogen-bond donors (Lipinski definition) is 2. The van der Waals surface area contributed by atoms with Crippen LogP contribution >= 0.6 is 0 Å². The minimum atomic E-state index is 0.715. The highest BCUT2D eigenvalue weighted by Crippen LogP contribution is 2.24. The van der Waals surface area contributed by atoms with Crippen molar-refractivity contribution in [1.82, 2.24) is 9.97 Å². The van der Waals surface area contributed by atoms with E-state index in [1.807, 2.05) is 18.2 Å². The predicted molar refractivity (Wildman–Crippen MR) is 117 cm³/mol. The van der Waals surface area contributed by atoms with E-state index >= 15 is 0 Å². The number of anilines is 2. The Bertz CT molecular complexity index is 1120. The van der Waals surface area contributed by atoms with Crippen LogP contribution in [0.15, 0.2) is 67.0 Å². The Balaban J connectivity index is 1.43. The van der Waals surface area contributed by atoms with Crippen molar-refractivity contribution in [1.29, 1.82) is 0 Å². The molecule has 0 saturated carbocycles. The summed E-state index contributed by atoms with van der Waals surface area (Å²) in [6.07, 6.45) is 2.50. The highest BCUT2D eigenvalue weighted by molar-refractivity contribution is 5.91. The van der Waals surface area contributed by atoms with E-state index < -0.39 is 0 Å². The molecule has 0 amide bonds. The summed E-state index contributed by atoms with van der Waals surface area (Å²) in [7, 11) is 0. The van der Waals surface area contributed by atoms with Crippen molar-refractivity contribution in [3.8, 4) is 11.1 Å². The van der Waals surface area contributed by atoms with Crippen LogP contribution in [0.4, 0.5) is 11.5 Å². The Morgan fingerprint density at radius 2 is 1.61 bits per heavy atom. The minimum Gasteiger partial charge on any atom is -0.399 e. The summed E-state index contributed by atoms with van der Waals surface area (Å²) in [6.45, 7) is 5.09. The van der Waals surface area contributed by atoms with Gasteiger partial charge in [-0.1, -0.05) is 42.5 Å². The average molecular weight is 368 g/mol. The zero-order valence-corrected chi connectivity index (χ0v) is 16.2. The summed E-state index contributed by atoms with van der Waals surface area (Å²) >= 11 is 0. The third-order valence-electron chi connectivity index (χ3n) is 5.16. The topological polar surface area (TPSA) is 63.8 Å². The van der Waals surface area contributed by atoms with Crippen molar-refractivity contribution in [2.24, 2.45) is 0 Å². The van der Waals surface area contributed by atoms with Crippen LogP contribution in [0.3, 0.4) is 0 Å². The highest BCUT2D eigenvalue weighted by atomic mass is 15.0. The van der Waals surface area contributed by atoms with E-state index in [1.54, 1.807) is 6.33 Å². The zero-order valence-electron chi connectivity index (χ0n) is 16.2. The number of nitrogens with two attached hydrogens (primary N) is 1. The van der Waals surface area contributed by atoms with Crippen molar-refractivity contribution in [3.63, 3.8) is 0 Å². The van der Waals surface area contributed by atoms with E-state index in [1.165, 1.54) is 27.8 Å². The maximum atomic E-state index is 5.91. The van der Waals surface area contributed by atoms with E-state index in [0.717, 1.165) is 29.7 Å². The van der Waals surface area contributed by atoms with Crippen molar-refractivity contribution in [2.45, 2.75) is 20.3 Å². The van der Waals surface area contributed by atoms with E-state index in [4.69, 9.17) is 5.73 Å². The predicted octanol–water partition coefficient (Wildman–Crippen LogP) is 5.15. The van der Waals surface area contributed by atoms with Gasteiger partial charge in [0.25, 0.3) is 0 Å². The van der Waals surface area contributed by atoms with Gasteiger partial charge in [-0.25, -0.2) is 9.97 Å². The number of nitrogen functional groups attached to an aromatic ring is 1. The van der Waals surface area contributed by atoms with Gasteiger partial charge in [0.1, 0.15) is 12.1 Å². The lowest BCUT2D eigenvalue weighted by Crippen LogP contribution is -2.07. The molecule has 0 unspecified atom stereocenters. The molecule has 0 aliphatic carbocycles. The Labute approximate surface area is 165 Å². The van der Waals surface area contributed by atoms with Gasteiger partial charge in [0.2, 0.25) is 0 Å². The normalized spacial score (nSPS) is 10.9. The number of aromatic nitrogens is 2. The largest absolute Gasteiger partial charge is 0.399 e. The van der Waals surface area contributed by atoms with Crippen molar-refractivity contribution in [2.75, 3.05) is 17.6 Å². The molecule has 0 saturated heterocycles. The van der Waals surface area contributed by atoms with Gasteiger partial charge >= 0.3 is 0 Å². The molecular formula is C24H24N4. The van der Waals surface area contributed by atoms with Crippen molar-refractivity contribution in [3.05, 3.63) is 83.7 Å². The summed E-state index contributed by atoms with van der Waals surface area (Å²) in [5, 5.41) is 4.37. The van der Waals surface area contributed by atoms with Gasteiger partial charge in [-0.2, -0.15) is 0 Å². The molecule has 4 aromatic rings. The van der Waals surface area contributed by atoms with Gasteiger partial charge in [-0.05, 0) is 66.3 Å². The minimum absolute atomic E-state index is 0.715. The van der Waals surface area contributed by atoms with Gasteiger partial charge in [-0.3, -0.25) is 0 Å². The van der Waals surface area contributed by atoms with Gasteiger partial charge in [0.05, 0.1) is 5.52 Å². The lowest BCUT2D eigenvalue weighted by Gasteiger charge is -2.10. The van der Waals surface area contributed by atoms with Crippen molar-refractivity contribution < 1.29 is 0 Å². The molecule has 0 fully saturated rings. The van der Waals surface area contributed by atoms with E-state index in [9.17, 15) is 0 Å². The summed E-state index contributed by atoms with van der Waals surface area (Å²) < 4.78 is 0. The Morgan fingerprint density at radius 1 is 0.821 bits per heavy atom. The standard InChI is InChI=1S/C24H24N4/c1-16-3-6-20(13-17(16)2)19-7-4-18(5-8-19)11-12-26-24-22-14-21(25)9-10-23(22)27-15-28-24/h3-10,13-15H,11-12,25H2,1-2H3,(H,26,27,28). The molecule has 4 nitrogen and oxygen atoms in total. The maximum Gasteiger partial charge on any atom is 0.137 e. The summed E-state index contributed by atoms with van der Waals surface area (Å²) in [5.74, 6) is 0.823. The Hall–Kier alpha value is -3.40. The number of rotatable bonds is 5. The molecule has 4 rings (SSSR count). The average Bonchev–Trinajstić information content (AvgIpc) is 2.71. The van der Waals surface area contributed by atoms with Crippen molar-refractivity contribution >= 4 is 22.4 Å². The maximum absolute atomic E-state index is 5.91. The molecule has 1 aromatic heterocycles. The first-order valence-electron chi connectivity index (χ1n) is 9.51. The quantitative estimate of drug-likeness (QED) is 0.478. The second kappa shape index (κ2) is 7.69. The fraction of sp³-hybridized carbons (Fsp3) is 0.167. The fourth-order valence-electron chi connectivity index (χ4n) is 3.33. The summed E-state index contributed by atoms with van der Waals surface area (Å²) in [5.41, 5.74) is 14.0. The number of fused-ring (bicyclic) bond motifs is 1. The van der Waals surface area contributed by atoms with Gasteiger partial charge < -0.3 is 11.1 Å². The summed E-state index contributed by atoms with van der Waals surface area (Å²) in [6, 6.07) is 21.1. The van der Waals surface area contributed by atoms with Crippen LogP contribution in [0.5, 0.6) is 0 Å². The van der Waals surface area contributed by atoms with E-state index in [0.29, 0.717) is 5.69 Å². The monoisotopic (exact) mass is 368 g/mol. The van der Waals surface area contributed by atoms with Crippen LogP contribution in [0.1, 0.15) is 16.7 Å². The molecule has 140 valence electrons. The third-order valence-corrected chi connectivity index (χ3v) is 5.16. The molecule has 0 atom stereocenters. The van der Waals surface area contributed by atoms with Crippen LogP contribution in [0.2, 0.25) is 0 Å². The number of nitrogens with one attached hydrogen (secondary N) is 1. The van der Waals surface area contributed by atoms with Crippen LogP contribution < -0.4 is 11.1 Å². The highest BCUT2D eigenvalue weighted by Gasteiger charge is 2.04. The van der Waals surface area contributed by atoms with Gasteiger partial charge in [-0.15, -0.1) is 0 Å². The molecule has 0 aliphatic rings.